The van der Waals surface area contributed by atoms with Gasteiger partial charge in [0.05, 0.1) is 0 Å². The average molecular weight is 514 g/mol. The summed E-state index contributed by atoms with van der Waals surface area (Å²) >= 11 is 0. The van der Waals surface area contributed by atoms with Crippen LogP contribution in [0.3, 0.4) is 0 Å². The van der Waals surface area contributed by atoms with Crippen molar-refractivity contribution in [3.8, 4) is 11.1 Å². The van der Waals surface area contributed by atoms with Crippen molar-refractivity contribution in [1.82, 2.24) is 0 Å². The molecule has 0 spiro atoms. The van der Waals surface area contributed by atoms with E-state index in [4.69, 9.17) is 4.42 Å². The normalized spacial score (nSPS) is 13.3. The Kier molecular flexibility index (Phi) is 4.99. The predicted octanol–water partition coefficient (Wildman–Crippen LogP) is 10.4. The van der Waals surface area contributed by atoms with Gasteiger partial charge in [0.2, 0.25) is 0 Å². The molecule has 1 aliphatic rings. The summed E-state index contributed by atoms with van der Waals surface area (Å²) in [7, 11) is 0. The third-order valence-electron chi connectivity index (χ3n) is 8.54. The molecule has 1 heterocycles. The SMILES string of the molecule is CC1(c2ccc3c(c2)oc2ccc(N(c4ccccc4)c4ccccc4)cc23)c2ccccc2-c2ccccc21. The van der Waals surface area contributed by atoms with Gasteiger partial charge in [0.15, 0.2) is 0 Å². The number of nitrogens with zero attached hydrogens (tertiary/aromatic N) is 1. The highest BCUT2D eigenvalue weighted by Gasteiger charge is 2.40. The van der Waals surface area contributed by atoms with Crippen LogP contribution < -0.4 is 4.90 Å². The quantitative estimate of drug-likeness (QED) is 0.233. The van der Waals surface area contributed by atoms with Gasteiger partial charge in [0.25, 0.3) is 0 Å². The van der Waals surface area contributed by atoms with E-state index in [-0.39, 0.29) is 5.41 Å². The Morgan fingerprint density at radius 2 is 1.05 bits per heavy atom. The highest BCUT2D eigenvalue weighted by Crippen LogP contribution is 2.52. The molecule has 0 saturated carbocycles. The molecule has 0 radical (unpaired) electrons. The van der Waals surface area contributed by atoms with Crippen molar-refractivity contribution in [2.24, 2.45) is 0 Å². The van der Waals surface area contributed by atoms with Crippen molar-refractivity contribution in [2.45, 2.75) is 12.3 Å². The molecule has 6 aromatic carbocycles. The van der Waals surface area contributed by atoms with E-state index in [2.05, 4.69) is 157 Å². The van der Waals surface area contributed by atoms with Crippen LogP contribution in [0.2, 0.25) is 0 Å². The van der Waals surface area contributed by atoms with E-state index in [0.29, 0.717) is 0 Å². The first-order valence-electron chi connectivity index (χ1n) is 13.8. The summed E-state index contributed by atoms with van der Waals surface area (Å²) in [5, 5.41) is 2.25. The molecule has 0 amide bonds. The number of hydrogen-bond donors (Lipinski definition) is 0. The maximum atomic E-state index is 6.50. The van der Waals surface area contributed by atoms with Gasteiger partial charge in [-0.3, -0.25) is 0 Å². The molecule has 7 aromatic rings. The van der Waals surface area contributed by atoms with Gasteiger partial charge in [-0.15, -0.1) is 0 Å². The molecule has 0 N–H and O–H groups in total. The minimum Gasteiger partial charge on any atom is -0.456 e. The molecule has 40 heavy (non-hydrogen) atoms. The number of para-hydroxylation sites is 2. The van der Waals surface area contributed by atoms with Gasteiger partial charge in [0.1, 0.15) is 11.2 Å². The van der Waals surface area contributed by atoms with E-state index in [0.717, 1.165) is 39.0 Å². The summed E-state index contributed by atoms with van der Waals surface area (Å²) in [6.45, 7) is 2.34. The van der Waals surface area contributed by atoms with Crippen molar-refractivity contribution >= 4 is 39.0 Å². The molecule has 0 unspecified atom stereocenters. The number of benzene rings is 6. The molecule has 2 heteroatoms. The highest BCUT2D eigenvalue weighted by molar-refractivity contribution is 6.07. The van der Waals surface area contributed by atoms with Gasteiger partial charge >= 0.3 is 0 Å². The van der Waals surface area contributed by atoms with Gasteiger partial charge < -0.3 is 9.32 Å². The van der Waals surface area contributed by atoms with Gasteiger partial charge in [-0.1, -0.05) is 97.1 Å². The summed E-state index contributed by atoms with van der Waals surface area (Å²) in [4.78, 5) is 2.29. The maximum Gasteiger partial charge on any atom is 0.135 e. The lowest BCUT2D eigenvalue weighted by Gasteiger charge is -2.28. The van der Waals surface area contributed by atoms with Crippen LogP contribution in [0.1, 0.15) is 23.6 Å². The zero-order valence-corrected chi connectivity index (χ0v) is 22.2. The number of furan rings is 1. The lowest BCUT2D eigenvalue weighted by molar-refractivity contribution is 0.662. The van der Waals surface area contributed by atoms with E-state index >= 15 is 0 Å². The molecule has 0 fully saturated rings. The number of fused-ring (bicyclic) bond motifs is 6. The molecule has 1 aromatic heterocycles. The summed E-state index contributed by atoms with van der Waals surface area (Å²) < 4.78 is 6.50. The Bertz CT molecular complexity index is 1940. The zero-order chi connectivity index (χ0) is 26.7. The molecular weight excluding hydrogens is 486 g/mol. The zero-order valence-electron chi connectivity index (χ0n) is 22.2. The Morgan fingerprint density at radius 3 is 1.68 bits per heavy atom. The van der Waals surface area contributed by atoms with Crippen molar-refractivity contribution < 1.29 is 4.42 Å². The number of rotatable bonds is 4. The maximum absolute atomic E-state index is 6.50. The van der Waals surface area contributed by atoms with E-state index in [1.165, 1.54) is 27.8 Å². The summed E-state index contributed by atoms with van der Waals surface area (Å²) in [6.07, 6.45) is 0. The largest absolute Gasteiger partial charge is 0.456 e. The van der Waals surface area contributed by atoms with E-state index in [1.54, 1.807) is 0 Å². The molecule has 8 rings (SSSR count). The van der Waals surface area contributed by atoms with E-state index < -0.39 is 0 Å². The van der Waals surface area contributed by atoms with Gasteiger partial charge in [-0.2, -0.15) is 0 Å². The summed E-state index contributed by atoms with van der Waals surface area (Å²) in [6, 6.07) is 51.9. The van der Waals surface area contributed by atoms with Crippen molar-refractivity contribution in [3.63, 3.8) is 0 Å². The lowest BCUT2D eigenvalue weighted by Crippen LogP contribution is -2.22. The topological polar surface area (TPSA) is 16.4 Å². The first-order chi connectivity index (χ1) is 19.7. The Morgan fingerprint density at radius 1 is 0.475 bits per heavy atom. The van der Waals surface area contributed by atoms with Crippen LogP contribution in [-0.2, 0) is 5.41 Å². The fourth-order valence-electron chi connectivity index (χ4n) is 6.58. The van der Waals surface area contributed by atoms with Crippen molar-refractivity contribution in [2.75, 3.05) is 4.90 Å². The Labute approximate surface area is 233 Å². The molecule has 1 aliphatic carbocycles. The standard InChI is InChI=1S/C38H27NO/c1-38(34-18-10-8-16-30(34)31-17-9-11-19-35(31)38)26-20-22-32-33-25-29(21-23-36(33)40-37(32)24-26)39(27-12-4-2-5-13-27)28-14-6-3-7-15-28/h2-25H,1H3. The fourth-order valence-corrected chi connectivity index (χ4v) is 6.58. The van der Waals surface area contributed by atoms with Crippen LogP contribution in [0, 0.1) is 0 Å². The average Bonchev–Trinajstić information content (AvgIpc) is 3.51. The molecule has 0 bridgehead atoms. The van der Waals surface area contributed by atoms with Crippen LogP contribution in [-0.4, -0.2) is 0 Å². The van der Waals surface area contributed by atoms with Gasteiger partial charge in [-0.25, -0.2) is 0 Å². The fraction of sp³-hybridized carbons (Fsp3) is 0.0526. The second-order valence-electron chi connectivity index (χ2n) is 10.7. The second-order valence-corrected chi connectivity index (χ2v) is 10.7. The lowest BCUT2D eigenvalue weighted by atomic mass is 9.74. The number of hydrogen-bond acceptors (Lipinski definition) is 2. The van der Waals surface area contributed by atoms with Gasteiger partial charge in [-0.05, 0) is 83.3 Å². The smallest absolute Gasteiger partial charge is 0.135 e. The van der Waals surface area contributed by atoms with Crippen LogP contribution in [0.4, 0.5) is 17.1 Å². The number of anilines is 3. The van der Waals surface area contributed by atoms with Crippen LogP contribution in [0.25, 0.3) is 33.1 Å². The molecule has 0 saturated heterocycles. The molecule has 0 aliphatic heterocycles. The Hall–Kier alpha value is -5.08. The summed E-state index contributed by atoms with van der Waals surface area (Å²) in [5.74, 6) is 0. The first kappa shape index (κ1) is 22.9. The first-order valence-corrected chi connectivity index (χ1v) is 13.8. The van der Waals surface area contributed by atoms with Crippen molar-refractivity contribution in [3.05, 3.63) is 162 Å². The monoisotopic (exact) mass is 513 g/mol. The molecule has 190 valence electrons. The van der Waals surface area contributed by atoms with Gasteiger partial charge in [0, 0.05) is 33.2 Å². The minimum atomic E-state index is -0.247. The van der Waals surface area contributed by atoms with Crippen molar-refractivity contribution in [1.29, 1.82) is 0 Å². The molecular formula is C38H27NO. The second kappa shape index (κ2) is 8.72. The van der Waals surface area contributed by atoms with E-state index in [1.807, 2.05) is 0 Å². The summed E-state index contributed by atoms with van der Waals surface area (Å²) in [5.41, 5.74) is 11.5. The third kappa shape index (κ3) is 3.29. The molecule has 0 atom stereocenters. The highest BCUT2D eigenvalue weighted by atomic mass is 16.3. The Balaban J connectivity index is 1.29. The molecule has 2 nitrogen and oxygen atoms in total. The van der Waals surface area contributed by atoms with Crippen LogP contribution in [0.15, 0.2) is 150 Å². The third-order valence-corrected chi connectivity index (χ3v) is 8.54. The van der Waals surface area contributed by atoms with Crippen LogP contribution in [0.5, 0.6) is 0 Å². The van der Waals surface area contributed by atoms with E-state index in [9.17, 15) is 0 Å². The predicted molar refractivity (Wildman–Crippen MR) is 166 cm³/mol. The van der Waals surface area contributed by atoms with Crippen LogP contribution >= 0.6 is 0 Å². The minimum absolute atomic E-state index is 0.247.